The zero-order chi connectivity index (χ0) is 18.5. The minimum Gasteiger partial charge on any atom is -0.476 e. The fourth-order valence-electron chi connectivity index (χ4n) is 3.00. The van der Waals surface area contributed by atoms with Gasteiger partial charge in [0, 0.05) is 23.9 Å². The third kappa shape index (κ3) is 4.89. The van der Waals surface area contributed by atoms with Crippen LogP contribution >= 0.6 is 11.3 Å². The summed E-state index contributed by atoms with van der Waals surface area (Å²) in [6.07, 6.45) is 3.83. The first-order chi connectivity index (χ1) is 12.5. The van der Waals surface area contributed by atoms with E-state index >= 15 is 0 Å². The Balaban J connectivity index is 1.51. The van der Waals surface area contributed by atoms with Crippen molar-refractivity contribution in [3.63, 3.8) is 0 Å². The molecule has 3 rings (SSSR count). The highest BCUT2D eigenvalue weighted by Gasteiger charge is 2.22. The lowest BCUT2D eigenvalue weighted by Gasteiger charge is -2.11. The van der Waals surface area contributed by atoms with E-state index in [2.05, 4.69) is 17.2 Å². The lowest BCUT2D eigenvalue weighted by Crippen LogP contribution is -2.24. The van der Waals surface area contributed by atoms with Crippen molar-refractivity contribution < 1.29 is 19.4 Å². The number of rotatable bonds is 7. The maximum absolute atomic E-state index is 12.0. The summed E-state index contributed by atoms with van der Waals surface area (Å²) >= 11 is 1.29. The lowest BCUT2D eigenvalue weighted by atomic mass is 10.1. The van der Waals surface area contributed by atoms with Crippen LogP contribution in [0.2, 0.25) is 0 Å². The van der Waals surface area contributed by atoms with Crippen LogP contribution in [0, 0.1) is 0 Å². The van der Waals surface area contributed by atoms with Gasteiger partial charge >= 0.3 is 5.97 Å². The molecule has 1 amide bonds. The van der Waals surface area contributed by atoms with Gasteiger partial charge < -0.3 is 15.2 Å². The molecule has 1 aromatic carbocycles. The highest BCUT2D eigenvalue weighted by atomic mass is 32.1. The van der Waals surface area contributed by atoms with Gasteiger partial charge in [-0.05, 0) is 37.8 Å². The van der Waals surface area contributed by atoms with Crippen LogP contribution in [-0.2, 0) is 16.1 Å². The predicted octanol–water partition coefficient (Wildman–Crippen LogP) is 3.47. The lowest BCUT2D eigenvalue weighted by molar-refractivity contribution is -0.122. The van der Waals surface area contributed by atoms with Crippen LogP contribution in [0.4, 0.5) is 0 Å². The normalized spacial score (nSPS) is 19.4. The smallest absolute Gasteiger partial charge is 0.355 e. The number of thiazole rings is 1. The molecule has 7 heteroatoms. The number of carboxylic acid groups (broad SMARTS) is 1. The molecule has 1 aromatic heterocycles. The predicted molar refractivity (Wildman–Crippen MR) is 99.2 cm³/mol. The van der Waals surface area contributed by atoms with Crippen LogP contribution < -0.4 is 5.32 Å². The van der Waals surface area contributed by atoms with Crippen LogP contribution in [0.25, 0.3) is 10.6 Å². The number of benzene rings is 1. The van der Waals surface area contributed by atoms with Crippen LogP contribution in [0.15, 0.2) is 29.6 Å². The van der Waals surface area contributed by atoms with Crippen molar-refractivity contribution in [1.29, 1.82) is 0 Å². The Labute approximate surface area is 156 Å². The van der Waals surface area contributed by atoms with Crippen LogP contribution in [0.1, 0.15) is 48.7 Å². The average molecular weight is 374 g/mol. The number of aromatic carboxylic acids is 1. The molecule has 0 spiro atoms. The molecule has 0 bridgehead atoms. The number of aromatic nitrogens is 1. The highest BCUT2D eigenvalue weighted by Crippen LogP contribution is 2.25. The summed E-state index contributed by atoms with van der Waals surface area (Å²) in [5.74, 6) is -1.02. The molecular formula is C19H22N2O4S. The number of nitrogens with one attached hydrogen (secondary N) is 1. The SMILES string of the molecule is CC1CCC(CCC(=O)NCc2cccc(-c3nc(C(=O)O)cs3)c2)O1. The molecule has 1 aliphatic heterocycles. The first-order valence-corrected chi connectivity index (χ1v) is 9.59. The van der Waals surface area contributed by atoms with Crippen molar-refractivity contribution in [2.24, 2.45) is 0 Å². The topological polar surface area (TPSA) is 88.5 Å². The summed E-state index contributed by atoms with van der Waals surface area (Å²) in [5.41, 5.74) is 1.85. The van der Waals surface area contributed by atoms with Crippen LogP contribution in [-0.4, -0.2) is 34.2 Å². The Kier molecular flexibility index (Phi) is 6.00. The Hall–Kier alpha value is -2.25. The fourth-order valence-corrected chi connectivity index (χ4v) is 3.79. The summed E-state index contributed by atoms with van der Waals surface area (Å²) in [5, 5.41) is 14.1. The molecule has 2 aromatic rings. The molecular weight excluding hydrogens is 352 g/mol. The van der Waals surface area contributed by atoms with E-state index < -0.39 is 5.97 Å². The van der Waals surface area contributed by atoms with Crippen LogP contribution in [0.3, 0.4) is 0 Å². The molecule has 0 saturated carbocycles. The third-order valence-electron chi connectivity index (χ3n) is 4.40. The second kappa shape index (κ2) is 8.42. The summed E-state index contributed by atoms with van der Waals surface area (Å²) in [7, 11) is 0. The Morgan fingerprint density at radius 2 is 2.23 bits per heavy atom. The fraction of sp³-hybridized carbons (Fsp3) is 0.421. The molecule has 2 N–H and O–H groups in total. The van der Waals surface area contributed by atoms with Gasteiger partial charge in [0.25, 0.3) is 0 Å². The summed E-state index contributed by atoms with van der Waals surface area (Å²) < 4.78 is 5.73. The quantitative estimate of drug-likeness (QED) is 0.775. The Bertz CT molecular complexity index is 789. The van der Waals surface area contributed by atoms with E-state index in [1.807, 2.05) is 24.3 Å². The van der Waals surface area contributed by atoms with E-state index in [0.29, 0.717) is 24.1 Å². The molecule has 0 radical (unpaired) electrons. The number of ether oxygens (including phenoxy) is 1. The first kappa shape index (κ1) is 18.5. The molecule has 138 valence electrons. The van der Waals surface area contributed by atoms with E-state index in [1.54, 1.807) is 0 Å². The number of carboxylic acids is 1. The number of carbonyl (C=O) groups is 2. The summed E-state index contributed by atoms with van der Waals surface area (Å²) in [6, 6.07) is 7.62. The van der Waals surface area contributed by atoms with Crippen LogP contribution in [0.5, 0.6) is 0 Å². The molecule has 1 saturated heterocycles. The monoisotopic (exact) mass is 374 g/mol. The second-order valence-corrected chi connectivity index (χ2v) is 7.36. The van der Waals surface area contributed by atoms with Gasteiger partial charge in [-0.15, -0.1) is 11.3 Å². The summed E-state index contributed by atoms with van der Waals surface area (Å²) in [6.45, 7) is 2.50. The largest absolute Gasteiger partial charge is 0.476 e. The zero-order valence-electron chi connectivity index (χ0n) is 14.6. The average Bonchev–Trinajstić information content (AvgIpc) is 3.27. The molecule has 0 aliphatic carbocycles. The van der Waals surface area contributed by atoms with Gasteiger partial charge in [-0.1, -0.05) is 18.2 Å². The van der Waals surface area contributed by atoms with E-state index in [0.717, 1.165) is 30.4 Å². The van der Waals surface area contributed by atoms with Gasteiger partial charge in [0.05, 0.1) is 12.2 Å². The summed E-state index contributed by atoms with van der Waals surface area (Å²) in [4.78, 5) is 27.1. The Morgan fingerprint density at radius 3 is 2.92 bits per heavy atom. The molecule has 26 heavy (non-hydrogen) atoms. The molecule has 2 heterocycles. The number of hydrogen-bond donors (Lipinski definition) is 2. The van der Waals surface area contributed by atoms with E-state index in [9.17, 15) is 9.59 Å². The third-order valence-corrected chi connectivity index (χ3v) is 5.29. The van der Waals surface area contributed by atoms with Crippen molar-refractivity contribution in [2.75, 3.05) is 0 Å². The van der Waals surface area contributed by atoms with E-state index in [1.165, 1.54) is 16.7 Å². The van der Waals surface area contributed by atoms with Crippen molar-refractivity contribution in [3.8, 4) is 10.6 Å². The van der Waals surface area contributed by atoms with Crippen molar-refractivity contribution in [1.82, 2.24) is 10.3 Å². The minimum atomic E-state index is -1.03. The molecule has 2 unspecified atom stereocenters. The van der Waals surface area contributed by atoms with Crippen molar-refractivity contribution in [3.05, 3.63) is 40.9 Å². The number of nitrogens with zero attached hydrogens (tertiary/aromatic N) is 1. The maximum atomic E-state index is 12.0. The van der Waals surface area contributed by atoms with Gasteiger partial charge in [-0.3, -0.25) is 4.79 Å². The highest BCUT2D eigenvalue weighted by molar-refractivity contribution is 7.13. The standard InChI is InChI=1S/C19H22N2O4S/c1-12-5-6-15(25-12)7-8-17(22)20-10-13-3-2-4-14(9-13)18-21-16(11-26-18)19(23)24/h2-4,9,11-12,15H,5-8,10H2,1H3,(H,20,22)(H,23,24). The first-order valence-electron chi connectivity index (χ1n) is 8.71. The van der Waals surface area contributed by atoms with E-state index in [4.69, 9.17) is 9.84 Å². The van der Waals surface area contributed by atoms with E-state index in [-0.39, 0.29) is 17.7 Å². The Morgan fingerprint density at radius 1 is 1.38 bits per heavy atom. The number of carbonyl (C=O) groups excluding carboxylic acids is 1. The molecule has 2 atom stereocenters. The van der Waals surface area contributed by atoms with Crippen molar-refractivity contribution in [2.45, 2.75) is 51.4 Å². The maximum Gasteiger partial charge on any atom is 0.355 e. The molecule has 6 nitrogen and oxygen atoms in total. The zero-order valence-corrected chi connectivity index (χ0v) is 15.4. The van der Waals surface area contributed by atoms with Crippen molar-refractivity contribution >= 4 is 23.2 Å². The molecule has 1 aliphatic rings. The van der Waals surface area contributed by atoms with Gasteiger partial charge in [-0.2, -0.15) is 0 Å². The molecule has 1 fully saturated rings. The number of hydrogen-bond acceptors (Lipinski definition) is 5. The second-order valence-electron chi connectivity index (χ2n) is 6.50. The minimum absolute atomic E-state index is 0.0148. The number of amides is 1. The van der Waals surface area contributed by atoms with Gasteiger partial charge in [0.15, 0.2) is 5.69 Å². The van der Waals surface area contributed by atoms with Gasteiger partial charge in [0.1, 0.15) is 5.01 Å². The van der Waals surface area contributed by atoms with Gasteiger partial charge in [-0.25, -0.2) is 9.78 Å². The van der Waals surface area contributed by atoms with Gasteiger partial charge in [0.2, 0.25) is 5.91 Å².